The minimum Gasteiger partial charge on any atom is -1.00 e. The summed E-state index contributed by atoms with van der Waals surface area (Å²) in [5.74, 6) is 4.75. The zero-order valence-electron chi connectivity index (χ0n) is 50.5. The first-order chi connectivity index (χ1) is 39.5. The van der Waals surface area contributed by atoms with Crippen molar-refractivity contribution < 1.29 is 184 Å². The van der Waals surface area contributed by atoms with Crippen molar-refractivity contribution in [2.75, 3.05) is 86.5 Å². The molecule has 85 heavy (non-hydrogen) atoms. The van der Waals surface area contributed by atoms with Crippen LogP contribution >= 0.6 is 15.9 Å². The van der Waals surface area contributed by atoms with Crippen LogP contribution in [0.25, 0.3) is 21.5 Å². The molecule has 2 atom stereocenters. The van der Waals surface area contributed by atoms with Crippen molar-refractivity contribution in [2.24, 2.45) is 0 Å². The first-order valence-corrected chi connectivity index (χ1v) is 28.9. The molecule has 0 unspecified atom stereocenters. The molecule has 0 fully saturated rings. The summed E-state index contributed by atoms with van der Waals surface area (Å²) < 4.78 is 87.1. The number of esters is 4. The van der Waals surface area contributed by atoms with Crippen molar-refractivity contribution in [2.45, 2.75) is 62.4 Å². The number of nitrogens with zero attached hydrogens (tertiary/aromatic N) is 3. The van der Waals surface area contributed by atoms with Gasteiger partial charge in [0.2, 0.25) is 0 Å². The Hall–Kier alpha value is -5.28. The van der Waals surface area contributed by atoms with Gasteiger partial charge in [-0.25, -0.2) is 16.8 Å². The minimum atomic E-state index is -4.21. The van der Waals surface area contributed by atoms with Crippen molar-refractivity contribution in [1.29, 1.82) is 0 Å². The van der Waals surface area contributed by atoms with Crippen LogP contribution in [0.3, 0.4) is 0 Å². The molecule has 0 amide bonds. The van der Waals surface area contributed by atoms with Gasteiger partial charge >= 0.3 is 127 Å². The summed E-state index contributed by atoms with van der Waals surface area (Å²) in [6.07, 6.45) is 11.5. The van der Waals surface area contributed by atoms with Gasteiger partial charge in [0, 0.05) is 45.0 Å². The van der Waals surface area contributed by atoms with E-state index in [0.29, 0.717) is 44.6 Å². The number of methoxy groups -OCH3 is 6. The number of alkyl halides is 1. The topological polar surface area (TPSA) is 263 Å². The summed E-state index contributed by atoms with van der Waals surface area (Å²) in [6, 6.07) is 30.2. The Bertz CT molecular complexity index is 3550. The summed E-state index contributed by atoms with van der Waals surface area (Å²) in [5.41, 5.74) is 3.58. The zero-order valence-corrected chi connectivity index (χ0v) is 59.0. The number of aryl methyl sites for hydroxylation is 2. The van der Waals surface area contributed by atoms with E-state index in [2.05, 4.69) is 42.1 Å². The Balaban J connectivity index is 0.00000141. The molecule has 0 saturated heterocycles. The van der Waals surface area contributed by atoms with E-state index in [1.165, 1.54) is 60.9 Å². The van der Waals surface area contributed by atoms with Crippen molar-refractivity contribution in [1.82, 2.24) is 0 Å². The number of benzene rings is 6. The van der Waals surface area contributed by atoms with Crippen LogP contribution in [0.5, 0.6) is 11.5 Å². The molecule has 0 radical (unpaired) electrons. The standard InChI is InChI=1S/C29H32N2O7S.C26H28N2O5S.C3H5BrO2.CH2O3.2K.H/c1-7-16-30(21(3)18-28(32)37-5)25-13-14-26(24-11-9-8-10-23(24)25)31(19-29(33)38-6)39(34,35)22-12-15-27(36-4)20(2)17-22;1-6-15-28(19(3)17-26(29)33-5)24-13-12-23(21-9-7-8-10-22(21)24)27-34(30,31)20-11-14-25(32-4)18(2)16-20;1-6-3(5)2-4;2-1-4-3;;;/h1,8-15,17,21H,16,18-19H2,2-6H3;1,7-14,16,19,27H,15,17H2,2-5H3;2H2,1H3;1,3H;;;/q;;;;2*+1;-1/p-1/t21-;19-;;;;;/m00...../s1. The molecule has 0 aliphatic rings. The smallest absolute Gasteiger partial charge is 1.00 e. The number of hydrogen-bond donors (Lipinski definition) is 1. The van der Waals surface area contributed by atoms with E-state index >= 15 is 0 Å². The van der Waals surface area contributed by atoms with Gasteiger partial charge in [-0.1, -0.05) is 76.3 Å². The average Bonchev–Trinajstić information content (AvgIpc) is 1.71. The molecule has 6 rings (SSSR count). The molecular formula is C59H67BrK2N4O17S2. The van der Waals surface area contributed by atoms with E-state index in [9.17, 15) is 36.0 Å². The summed E-state index contributed by atoms with van der Waals surface area (Å²) in [4.78, 5) is 61.4. The zero-order chi connectivity index (χ0) is 62.0. The van der Waals surface area contributed by atoms with Crippen LogP contribution in [0, 0.1) is 38.5 Å². The number of carbonyl (C=O) groups is 5. The Kier molecular flexibility index (Phi) is 35.5. The quantitative estimate of drug-likeness (QED) is 0.0147. The third-order valence-electron chi connectivity index (χ3n) is 12.4. The van der Waals surface area contributed by atoms with Crippen LogP contribution in [-0.2, 0) is 67.9 Å². The van der Waals surface area contributed by atoms with E-state index < -0.39 is 32.6 Å². The van der Waals surface area contributed by atoms with Crippen LogP contribution in [0.15, 0.2) is 119 Å². The second-order valence-corrected chi connectivity index (χ2v) is 21.7. The number of halogens is 1. The summed E-state index contributed by atoms with van der Waals surface area (Å²) in [6.45, 7) is 7.04. The Morgan fingerprint density at radius 3 is 1.39 bits per heavy atom. The number of terminal acetylenes is 2. The summed E-state index contributed by atoms with van der Waals surface area (Å²) >= 11 is 2.90. The van der Waals surface area contributed by atoms with Crippen molar-refractivity contribution in [3.8, 4) is 36.2 Å². The Labute approximate surface area is 592 Å². The molecule has 0 saturated carbocycles. The van der Waals surface area contributed by atoms with Crippen molar-refractivity contribution in [3.05, 3.63) is 120 Å². The minimum absolute atomic E-state index is 0. The largest absolute Gasteiger partial charge is 1.00 e. The molecule has 6 aromatic carbocycles. The van der Waals surface area contributed by atoms with Crippen LogP contribution in [0.2, 0.25) is 0 Å². The maximum atomic E-state index is 14.0. The second-order valence-electron chi connectivity index (χ2n) is 17.6. The van der Waals surface area contributed by atoms with Gasteiger partial charge in [-0.15, -0.1) is 12.8 Å². The Morgan fingerprint density at radius 2 is 1.00 bits per heavy atom. The SMILES string of the molecule is C#CCN(c1ccc(N(CC(=O)OC)S(=O)(=O)c2ccc(OC)c(C)c2)c2ccccc12)[C@@H](C)CC(=O)OC.C#CCN(c1ccc(NS(=O)(=O)c2ccc(OC)c(C)c2)c2ccccc12)[C@@H](C)CC(=O)OC.COC(=O)CBr.O=CO[O-].[H-].[K+].[K+]. The third kappa shape index (κ3) is 22.1. The number of carbonyl (C=O) groups excluding carboxylic acids is 5. The predicted molar refractivity (Wildman–Crippen MR) is 319 cm³/mol. The van der Waals surface area contributed by atoms with Gasteiger partial charge in [0.1, 0.15) is 23.4 Å². The molecule has 1 N–H and O–H groups in total. The van der Waals surface area contributed by atoms with E-state index in [-0.39, 0.29) is 187 Å². The normalized spacial score (nSPS) is 11.0. The van der Waals surface area contributed by atoms with Gasteiger partial charge in [-0.05, 0) is 99.5 Å². The molecule has 0 aliphatic heterocycles. The number of nitrogens with one attached hydrogen (secondary N) is 1. The van der Waals surface area contributed by atoms with E-state index in [4.69, 9.17) is 46.6 Å². The maximum absolute atomic E-state index is 14.0. The van der Waals surface area contributed by atoms with Crippen LogP contribution in [-0.4, -0.2) is 127 Å². The number of ether oxygens (including phenoxy) is 6. The number of fused-ring (bicyclic) bond motifs is 2. The molecule has 0 heterocycles. The van der Waals surface area contributed by atoms with E-state index in [1.54, 1.807) is 62.4 Å². The van der Waals surface area contributed by atoms with Gasteiger partial charge < -0.3 is 49.8 Å². The number of hydrogen-bond acceptors (Lipinski definition) is 19. The van der Waals surface area contributed by atoms with Crippen molar-refractivity contribution in [3.63, 3.8) is 0 Å². The Morgan fingerprint density at radius 1 is 0.612 bits per heavy atom. The predicted octanol–water partition coefficient (Wildman–Crippen LogP) is 1.37. The summed E-state index contributed by atoms with van der Waals surface area (Å²) in [5, 5.41) is 11.5. The molecular weight excluding hydrogens is 1260 g/mol. The summed E-state index contributed by atoms with van der Waals surface area (Å²) in [7, 11) is 0.216. The van der Waals surface area contributed by atoms with Crippen LogP contribution < -0.4 is 136 Å². The van der Waals surface area contributed by atoms with Gasteiger partial charge in [0.15, 0.2) is 0 Å². The molecule has 6 aromatic rings. The fourth-order valence-electron chi connectivity index (χ4n) is 8.28. The number of rotatable bonds is 22. The molecule has 446 valence electrons. The molecule has 26 heteroatoms. The third-order valence-corrected chi connectivity index (χ3v) is 16.0. The van der Waals surface area contributed by atoms with Gasteiger partial charge in [0.25, 0.3) is 26.5 Å². The monoisotopic (exact) mass is 1320 g/mol. The van der Waals surface area contributed by atoms with Crippen molar-refractivity contribution >= 4 is 111 Å². The van der Waals surface area contributed by atoms with Gasteiger partial charge in [-0.2, -0.15) is 0 Å². The average molecular weight is 1330 g/mol. The van der Waals surface area contributed by atoms with E-state index in [0.717, 1.165) is 20.9 Å². The van der Waals surface area contributed by atoms with Crippen LogP contribution in [0.1, 0.15) is 39.2 Å². The second kappa shape index (κ2) is 38.8. The first kappa shape index (κ1) is 77.7. The molecule has 0 aliphatic carbocycles. The molecule has 0 bridgehead atoms. The molecule has 0 spiro atoms. The van der Waals surface area contributed by atoms with Crippen LogP contribution in [0.4, 0.5) is 22.7 Å². The fraction of sp³-hybridized carbons (Fsp3) is 0.305. The number of sulfonamides is 2. The molecule has 21 nitrogen and oxygen atoms in total. The van der Waals surface area contributed by atoms with E-state index in [1.807, 2.05) is 66.1 Å². The first-order valence-electron chi connectivity index (χ1n) is 24.9. The molecule has 0 aromatic heterocycles. The maximum Gasteiger partial charge on any atom is 1.00 e. The number of anilines is 4. The van der Waals surface area contributed by atoms with Gasteiger partial charge in [0.05, 0.1) is 89.8 Å². The van der Waals surface area contributed by atoms with Gasteiger partial charge in [-0.3, -0.25) is 33.0 Å². The fourth-order valence-corrected chi connectivity index (χ4v) is 11.2.